The first-order valence-electron chi connectivity index (χ1n) is 5.40. The third kappa shape index (κ3) is 2.01. The van der Waals surface area contributed by atoms with Crippen LogP contribution < -0.4 is 0 Å². The van der Waals surface area contributed by atoms with Crippen LogP contribution in [-0.4, -0.2) is 5.11 Å². The standard InChI is InChI=1S/C13H18OS/c1-10-4-9-15-11(10)13(14)7-5-12(2,3)6-8-13/h4-5,7,9,14H,6,8H2,1-3H3. The van der Waals surface area contributed by atoms with Gasteiger partial charge in [-0.1, -0.05) is 26.0 Å². The molecule has 1 aromatic heterocycles. The number of hydrogen-bond acceptors (Lipinski definition) is 2. The molecule has 1 unspecified atom stereocenters. The molecule has 2 heteroatoms. The van der Waals surface area contributed by atoms with Crippen LogP contribution in [-0.2, 0) is 5.60 Å². The number of aryl methyl sites for hydroxylation is 1. The van der Waals surface area contributed by atoms with Crippen LogP contribution in [0.4, 0.5) is 0 Å². The van der Waals surface area contributed by atoms with Gasteiger partial charge in [-0.25, -0.2) is 0 Å². The van der Waals surface area contributed by atoms with Crippen molar-refractivity contribution in [3.05, 3.63) is 34.0 Å². The molecule has 1 N–H and O–H groups in total. The first-order chi connectivity index (χ1) is 6.93. The van der Waals surface area contributed by atoms with Crippen LogP contribution in [0.2, 0.25) is 0 Å². The molecule has 15 heavy (non-hydrogen) atoms. The van der Waals surface area contributed by atoms with E-state index in [1.54, 1.807) is 11.3 Å². The second-order valence-corrected chi connectivity index (χ2v) is 6.10. The summed E-state index contributed by atoms with van der Waals surface area (Å²) in [6, 6.07) is 2.07. The maximum atomic E-state index is 10.6. The summed E-state index contributed by atoms with van der Waals surface area (Å²) in [6.45, 7) is 6.49. The van der Waals surface area contributed by atoms with Crippen molar-refractivity contribution in [2.45, 2.75) is 39.2 Å². The summed E-state index contributed by atoms with van der Waals surface area (Å²) in [6.07, 6.45) is 6.00. The van der Waals surface area contributed by atoms with Crippen molar-refractivity contribution >= 4 is 11.3 Å². The molecular weight excluding hydrogens is 204 g/mol. The second-order valence-electron chi connectivity index (χ2n) is 5.18. The number of rotatable bonds is 1. The van der Waals surface area contributed by atoms with E-state index in [0.717, 1.165) is 17.7 Å². The predicted molar refractivity (Wildman–Crippen MR) is 65.1 cm³/mol. The second kappa shape index (κ2) is 3.46. The van der Waals surface area contributed by atoms with Gasteiger partial charge in [-0.05, 0) is 42.2 Å². The molecule has 2 rings (SSSR count). The molecule has 0 saturated heterocycles. The monoisotopic (exact) mass is 222 g/mol. The average molecular weight is 222 g/mol. The Morgan fingerprint density at radius 1 is 1.27 bits per heavy atom. The van der Waals surface area contributed by atoms with E-state index in [1.807, 2.05) is 6.08 Å². The molecule has 82 valence electrons. The van der Waals surface area contributed by atoms with Gasteiger partial charge in [0.15, 0.2) is 0 Å². The molecule has 0 spiro atoms. The van der Waals surface area contributed by atoms with E-state index in [-0.39, 0.29) is 5.41 Å². The van der Waals surface area contributed by atoms with Crippen LogP contribution in [0.25, 0.3) is 0 Å². The lowest BCUT2D eigenvalue weighted by molar-refractivity contribution is 0.0611. The minimum absolute atomic E-state index is 0.234. The summed E-state index contributed by atoms with van der Waals surface area (Å²) in [5.74, 6) is 0. The molecule has 0 bridgehead atoms. The molecule has 0 amide bonds. The van der Waals surface area contributed by atoms with Gasteiger partial charge >= 0.3 is 0 Å². The van der Waals surface area contributed by atoms with Crippen LogP contribution in [0, 0.1) is 12.3 Å². The van der Waals surface area contributed by atoms with Crippen LogP contribution in [0.3, 0.4) is 0 Å². The maximum absolute atomic E-state index is 10.6. The fourth-order valence-corrected chi connectivity index (χ4v) is 3.08. The summed E-state index contributed by atoms with van der Waals surface area (Å²) in [5, 5.41) is 12.6. The van der Waals surface area contributed by atoms with Crippen LogP contribution >= 0.6 is 11.3 Å². The molecule has 1 aliphatic rings. The summed E-state index contributed by atoms with van der Waals surface area (Å²) in [7, 11) is 0. The molecule has 0 radical (unpaired) electrons. The van der Waals surface area contributed by atoms with E-state index < -0.39 is 5.60 Å². The number of thiophene rings is 1. The zero-order valence-corrected chi connectivity index (χ0v) is 10.4. The summed E-state index contributed by atoms with van der Waals surface area (Å²) >= 11 is 1.65. The minimum Gasteiger partial charge on any atom is -0.380 e. The molecule has 0 aliphatic heterocycles. The maximum Gasteiger partial charge on any atom is 0.117 e. The molecule has 0 saturated carbocycles. The lowest BCUT2D eigenvalue weighted by Gasteiger charge is -2.34. The van der Waals surface area contributed by atoms with Gasteiger partial charge < -0.3 is 5.11 Å². The summed E-state index contributed by atoms with van der Waals surface area (Å²) in [4.78, 5) is 1.11. The first kappa shape index (κ1) is 10.9. The Hall–Kier alpha value is -0.600. The Bertz CT molecular complexity index is 389. The highest BCUT2D eigenvalue weighted by molar-refractivity contribution is 7.10. The van der Waals surface area contributed by atoms with Crippen molar-refractivity contribution in [2.75, 3.05) is 0 Å². The zero-order valence-electron chi connectivity index (χ0n) is 9.58. The van der Waals surface area contributed by atoms with Crippen LogP contribution in [0.15, 0.2) is 23.6 Å². The number of allylic oxidation sites excluding steroid dienone is 1. The minimum atomic E-state index is -0.715. The van der Waals surface area contributed by atoms with Crippen molar-refractivity contribution in [3.63, 3.8) is 0 Å². The van der Waals surface area contributed by atoms with Gasteiger partial charge in [0.1, 0.15) is 5.60 Å². The van der Waals surface area contributed by atoms with Gasteiger partial charge in [0.05, 0.1) is 0 Å². The smallest absolute Gasteiger partial charge is 0.117 e. The third-order valence-corrected chi connectivity index (χ3v) is 4.40. The van der Waals surface area contributed by atoms with E-state index in [1.165, 1.54) is 5.56 Å². The van der Waals surface area contributed by atoms with Gasteiger partial charge in [-0.15, -0.1) is 11.3 Å². The van der Waals surface area contributed by atoms with Crippen molar-refractivity contribution in [1.29, 1.82) is 0 Å². The van der Waals surface area contributed by atoms with E-state index in [2.05, 4.69) is 38.3 Å². The van der Waals surface area contributed by atoms with Gasteiger partial charge in [0.2, 0.25) is 0 Å². The number of aliphatic hydroxyl groups is 1. The Labute approximate surface area is 95.5 Å². The highest BCUT2D eigenvalue weighted by Crippen LogP contribution is 2.42. The van der Waals surface area contributed by atoms with Gasteiger partial charge in [-0.2, -0.15) is 0 Å². The molecule has 1 heterocycles. The van der Waals surface area contributed by atoms with E-state index in [4.69, 9.17) is 0 Å². The zero-order chi connectivity index (χ0) is 11.1. The topological polar surface area (TPSA) is 20.2 Å². The van der Waals surface area contributed by atoms with E-state index in [0.29, 0.717) is 0 Å². The van der Waals surface area contributed by atoms with Gasteiger partial charge in [0, 0.05) is 4.88 Å². The first-order valence-corrected chi connectivity index (χ1v) is 6.28. The fourth-order valence-electron chi connectivity index (χ4n) is 2.05. The molecule has 1 aliphatic carbocycles. The lowest BCUT2D eigenvalue weighted by atomic mass is 9.76. The highest BCUT2D eigenvalue weighted by atomic mass is 32.1. The fraction of sp³-hybridized carbons (Fsp3) is 0.538. The normalized spacial score (nSPS) is 29.3. The van der Waals surface area contributed by atoms with Gasteiger partial charge in [-0.3, -0.25) is 0 Å². The molecule has 1 aromatic rings. The largest absolute Gasteiger partial charge is 0.380 e. The third-order valence-electron chi connectivity index (χ3n) is 3.22. The highest BCUT2D eigenvalue weighted by Gasteiger charge is 2.35. The molecule has 0 fully saturated rings. The SMILES string of the molecule is Cc1ccsc1C1(O)C=CC(C)(C)CC1. The Morgan fingerprint density at radius 2 is 2.00 bits per heavy atom. The summed E-state index contributed by atoms with van der Waals surface area (Å²) < 4.78 is 0. The Kier molecular flexibility index (Phi) is 2.52. The van der Waals surface area contributed by atoms with Crippen molar-refractivity contribution in [2.24, 2.45) is 5.41 Å². The lowest BCUT2D eigenvalue weighted by Crippen LogP contribution is -2.29. The van der Waals surface area contributed by atoms with E-state index in [9.17, 15) is 5.11 Å². The van der Waals surface area contributed by atoms with Crippen LogP contribution in [0.5, 0.6) is 0 Å². The van der Waals surface area contributed by atoms with Crippen LogP contribution in [0.1, 0.15) is 37.1 Å². The molecule has 1 nitrogen and oxygen atoms in total. The quantitative estimate of drug-likeness (QED) is 0.720. The summed E-state index contributed by atoms with van der Waals surface area (Å²) in [5.41, 5.74) is 0.720. The van der Waals surface area contributed by atoms with Crippen molar-refractivity contribution in [1.82, 2.24) is 0 Å². The number of hydrogen-bond donors (Lipinski definition) is 1. The molecule has 1 atom stereocenters. The Balaban J connectivity index is 2.35. The van der Waals surface area contributed by atoms with Crippen molar-refractivity contribution < 1.29 is 5.11 Å². The van der Waals surface area contributed by atoms with E-state index >= 15 is 0 Å². The molecule has 0 aromatic carbocycles. The Morgan fingerprint density at radius 3 is 2.47 bits per heavy atom. The predicted octanol–water partition coefficient (Wildman–Crippen LogP) is 3.62. The van der Waals surface area contributed by atoms with Crippen molar-refractivity contribution in [3.8, 4) is 0 Å². The molecular formula is C13H18OS. The average Bonchev–Trinajstić information content (AvgIpc) is 2.58. The van der Waals surface area contributed by atoms with Gasteiger partial charge in [0.25, 0.3) is 0 Å².